The quantitative estimate of drug-likeness (QED) is 0.876. The molecule has 1 aliphatic carbocycles. The number of amides is 1. The normalized spacial score (nSPS) is 21.3. The van der Waals surface area contributed by atoms with Gasteiger partial charge in [-0.15, -0.1) is 0 Å². The maximum atomic E-state index is 13.2. The van der Waals surface area contributed by atoms with Gasteiger partial charge in [-0.2, -0.15) is 0 Å². The van der Waals surface area contributed by atoms with Crippen molar-refractivity contribution in [2.24, 2.45) is 5.41 Å². The van der Waals surface area contributed by atoms with Crippen molar-refractivity contribution in [3.8, 4) is 5.75 Å². The number of carbonyl (C=O) groups is 1. The Morgan fingerprint density at radius 1 is 1.14 bits per heavy atom. The van der Waals surface area contributed by atoms with Gasteiger partial charge >= 0.3 is 0 Å². The number of hydrogen-bond acceptors (Lipinski definition) is 2. The van der Waals surface area contributed by atoms with E-state index >= 15 is 0 Å². The van der Waals surface area contributed by atoms with Gasteiger partial charge in [0.05, 0.1) is 11.0 Å². The molecule has 1 amide bonds. The first-order chi connectivity index (χ1) is 9.94. The molecule has 1 spiro atoms. The third kappa shape index (κ3) is 1.60. The van der Waals surface area contributed by atoms with Crippen molar-refractivity contribution in [2.45, 2.75) is 12.3 Å². The average Bonchev–Trinajstić information content (AvgIpc) is 2.99. The molecule has 1 saturated carbocycles. The Kier molecular flexibility index (Phi) is 2.23. The van der Waals surface area contributed by atoms with Crippen LogP contribution in [0, 0.1) is 5.41 Å². The number of carbonyl (C=O) groups excluding carboxylic acids is 1. The second-order valence-electron chi connectivity index (χ2n) is 6.00. The number of likely N-dealkylation sites (tertiary alicyclic amines) is 1. The minimum Gasteiger partial charge on any atom is -0.507 e. The number of rotatable bonds is 1. The van der Waals surface area contributed by atoms with Gasteiger partial charge in [0.25, 0.3) is 11.8 Å². The smallest absolute Gasteiger partial charge is 0.258 e. The summed E-state index contributed by atoms with van der Waals surface area (Å²) in [6, 6.07) is 10.2. The van der Waals surface area contributed by atoms with E-state index in [2.05, 4.69) is 0 Å². The molecule has 1 aliphatic heterocycles. The SMILES string of the molecule is O=C(c1cccc2cccc(O)c12)N1CC2(C1)CC2(F)F. The summed E-state index contributed by atoms with van der Waals surface area (Å²) in [5.74, 6) is -2.89. The molecular formula is C16H13F2NO2. The Hall–Kier alpha value is -2.17. The van der Waals surface area contributed by atoms with Crippen LogP contribution in [0.2, 0.25) is 0 Å². The van der Waals surface area contributed by atoms with Gasteiger partial charge in [0, 0.05) is 24.9 Å². The number of aromatic hydroxyl groups is 1. The predicted octanol–water partition coefficient (Wildman–Crippen LogP) is 3.03. The molecule has 21 heavy (non-hydrogen) atoms. The van der Waals surface area contributed by atoms with Crippen molar-refractivity contribution in [1.29, 1.82) is 0 Å². The highest BCUT2D eigenvalue weighted by Crippen LogP contribution is 2.65. The van der Waals surface area contributed by atoms with Crippen LogP contribution in [0.3, 0.4) is 0 Å². The number of hydrogen-bond donors (Lipinski definition) is 1. The zero-order chi connectivity index (χ0) is 14.8. The Balaban J connectivity index is 1.67. The fraction of sp³-hybridized carbons (Fsp3) is 0.312. The van der Waals surface area contributed by atoms with Crippen LogP contribution in [-0.4, -0.2) is 34.9 Å². The number of alkyl halides is 2. The predicted molar refractivity (Wildman–Crippen MR) is 73.5 cm³/mol. The van der Waals surface area contributed by atoms with Gasteiger partial charge in [-0.25, -0.2) is 8.78 Å². The number of phenols is 1. The van der Waals surface area contributed by atoms with Crippen molar-refractivity contribution in [3.63, 3.8) is 0 Å². The molecule has 2 fully saturated rings. The van der Waals surface area contributed by atoms with Gasteiger partial charge in [0.2, 0.25) is 0 Å². The first-order valence-electron chi connectivity index (χ1n) is 6.81. The topological polar surface area (TPSA) is 40.5 Å². The molecule has 2 aliphatic rings. The highest BCUT2D eigenvalue weighted by atomic mass is 19.3. The van der Waals surface area contributed by atoms with E-state index in [1.54, 1.807) is 30.3 Å². The van der Waals surface area contributed by atoms with Crippen molar-refractivity contribution in [1.82, 2.24) is 4.90 Å². The molecule has 0 aromatic heterocycles. The lowest BCUT2D eigenvalue weighted by atomic mass is 9.93. The Labute approximate surface area is 119 Å². The van der Waals surface area contributed by atoms with E-state index in [0.29, 0.717) is 10.9 Å². The minimum absolute atomic E-state index is 0.0310. The molecule has 1 saturated heterocycles. The lowest BCUT2D eigenvalue weighted by molar-refractivity contribution is -0.0152. The van der Waals surface area contributed by atoms with Crippen LogP contribution in [0.5, 0.6) is 5.75 Å². The molecule has 1 N–H and O–H groups in total. The van der Waals surface area contributed by atoms with Crippen molar-refractivity contribution in [2.75, 3.05) is 13.1 Å². The standard InChI is InChI=1S/C16H13F2NO2/c17-16(18)7-15(16)8-19(9-15)14(21)11-5-1-3-10-4-2-6-12(20)13(10)11/h1-6,20H,7-9H2. The van der Waals surface area contributed by atoms with E-state index in [-0.39, 0.29) is 31.2 Å². The summed E-state index contributed by atoms with van der Waals surface area (Å²) in [4.78, 5) is 13.9. The maximum absolute atomic E-state index is 13.2. The number of halogens is 2. The number of nitrogens with zero attached hydrogens (tertiary/aromatic N) is 1. The van der Waals surface area contributed by atoms with E-state index in [9.17, 15) is 18.7 Å². The zero-order valence-corrected chi connectivity index (χ0v) is 11.1. The second-order valence-corrected chi connectivity index (χ2v) is 6.00. The van der Waals surface area contributed by atoms with Crippen molar-refractivity contribution >= 4 is 16.7 Å². The molecule has 0 bridgehead atoms. The molecule has 3 nitrogen and oxygen atoms in total. The number of fused-ring (bicyclic) bond motifs is 1. The molecule has 2 aromatic carbocycles. The van der Waals surface area contributed by atoms with Crippen LogP contribution in [-0.2, 0) is 0 Å². The summed E-state index contributed by atoms with van der Waals surface area (Å²) < 4.78 is 26.4. The molecule has 2 aromatic rings. The van der Waals surface area contributed by atoms with Gasteiger partial charge in [-0.3, -0.25) is 4.79 Å². The summed E-state index contributed by atoms with van der Waals surface area (Å²) in [5.41, 5.74) is -0.612. The first kappa shape index (κ1) is 12.6. The molecule has 1 heterocycles. The fourth-order valence-electron chi connectivity index (χ4n) is 3.22. The molecule has 108 valence electrons. The van der Waals surface area contributed by atoms with Gasteiger partial charge < -0.3 is 10.0 Å². The van der Waals surface area contributed by atoms with Gasteiger partial charge in [-0.1, -0.05) is 24.3 Å². The van der Waals surface area contributed by atoms with E-state index in [0.717, 1.165) is 5.39 Å². The fourth-order valence-corrected chi connectivity index (χ4v) is 3.22. The van der Waals surface area contributed by atoms with E-state index in [1.165, 1.54) is 11.0 Å². The first-order valence-corrected chi connectivity index (χ1v) is 6.81. The van der Waals surface area contributed by atoms with Crippen LogP contribution in [0.4, 0.5) is 8.78 Å². The van der Waals surface area contributed by atoms with Gasteiger partial charge in [0.1, 0.15) is 5.75 Å². The van der Waals surface area contributed by atoms with Crippen molar-refractivity contribution in [3.05, 3.63) is 42.0 Å². The molecule has 4 rings (SSSR count). The lowest BCUT2D eigenvalue weighted by Gasteiger charge is -2.40. The summed E-state index contributed by atoms with van der Waals surface area (Å²) in [6.07, 6.45) is -0.120. The largest absolute Gasteiger partial charge is 0.507 e. The number of benzene rings is 2. The van der Waals surface area contributed by atoms with E-state index in [1.807, 2.05) is 0 Å². The molecule has 0 atom stereocenters. The maximum Gasteiger partial charge on any atom is 0.258 e. The summed E-state index contributed by atoms with van der Waals surface area (Å²) in [6.45, 7) is 0.200. The minimum atomic E-state index is -2.62. The van der Waals surface area contributed by atoms with Crippen LogP contribution < -0.4 is 0 Å². The highest BCUT2D eigenvalue weighted by molar-refractivity contribution is 6.09. The summed E-state index contributed by atoms with van der Waals surface area (Å²) in [7, 11) is 0. The van der Waals surface area contributed by atoms with Crippen LogP contribution >= 0.6 is 0 Å². The van der Waals surface area contributed by atoms with Crippen molar-refractivity contribution < 1.29 is 18.7 Å². The molecule has 5 heteroatoms. The second kappa shape index (κ2) is 3.72. The number of phenolic OH excluding ortho intramolecular Hbond substituents is 1. The Morgan fingerprint density at radius 3 is 2.38 bits per heavy atom. The van der Waals surface area contributed by atoms with Gasteiger partial charge in [0.15, 0.2) is 0 Å². The molecule has 0 unspecified atom stereocenters. The summed E-state index contributed by atoms with van der Waals surface area (Å²) in [5, 5.41) is 11.2. The monoisotopic (exact) mass is 289 g/mol. The Morgan fingerprint density at radius 2 is 1.76 bits per heavy atom. The van der Waals surface area contributed by atoms with E-state index in [4.69, 9.17) is 0 Å². The molecular weight excluding hydrogens is 276 g/mol. The van der Waals surface area contributed by atoms with Crippen LogP contribution in [0.1, 0.15) is 16.8 Å². The zero-order valence-electron chi connectivity index (χ0n) is 11.1. The third-order valence-electron chi connectivity index (χ3n) is 4.60. The van der Waals surface area contributed by atoms with E-state index < -0.39 is 11.3 Å². The third-order valence-corrected chi connectivity index (χ3v) is 4.60. The average molecular weight is 289 g/mol. The highest BCUT2D eigenvalue weighted by Gasteiger charge is 2.76. The van der Waals surface area contributed by atoms with Gasteiger partial charge in [-0.05, 0) is 17.5 Å². The summed E-state index contributed by atoms with van der Waals surface area (Å²) >= 11 is 0. The molecule has 0 radical (unpaired) electrons. The van der Waals surface area contributed by atoms with Crippen LogP contribution in [0.15, 0.2) is 36.4 Å². The van der Waals surface area contributed by atoms with Crippen LogP contribution in [0.25, 0.3) is 10.8 Å². The lowest BCUT2D eigenvalue weighted by Crippen LogP contribution is -2.54. The Bertz CT molecular complexity index is 761.